The van der Waals surface area contributed by atoms with Gasteiger partial charge in [0.25, 0.3) is 0 Å². The van der Waals surface area contributed by atoms with E-state index >= 15 is 0 Å². The normalized spacial score (nSPS) is 15.7. The van der Waals surface area contributed by atoms with Crippen LogP contribution in [0.15, 0.2) is 52.3 Å². The largest absolute Gasteiger partial charge is 0.481 e. The quantitative estimate of drug-likeness (QED) is 0.621. The fourth-order valence-corrected chi connectivity index (χ4v) is 3.20. The third-order valence-electron chi connectivity index (χ3n) is 4.60. The van der Waals surface area contributed by atoms with Crippen molar-refractivity contribution < 1.29 is 33.0 Å². The molecule has 0 radical (unpaired) electrons. The first-order chi connectivity index (χ1) is 14.9. The highest BCUT2D eigenvalue weighted by atomic mass is 16.6. The second-order valence-electron chi connectivity index (χ2n) is 6.83. The van der Waals surface area contributed by atoms with Crippen LogP contribution < -0.4 is 15.4 Å². The van der Waals surface area contributed by atoms with Gasteiger partial charge in [-0.3, -0.25) is 0 Å². The monoisotopic (exact) mass is 428 g/mol. The molecule has 9 heteroatoms. The number of esters is 2. The Bertz CT molecular complexity index is 975. The molecule has 2 aromatic rings. The van der Waals surface area contributed by atoms with E-state index in [1.165, 1.54) is 6.26 Å². The van der Waals surface area contributed by atoms with Crippen LogP contribution in [0.1, 0.15) is 29.9 Å². The molecule has 1 aromatic heterocycles. The molecule has 0 spiro atoms. The third-order valence-corrected chi connectivity index (χ3v) is 4.60. The first kappa shape index (κ1) is 21.9. The highest BCUT2D eigenvalue weighted by molar-refractivity contribution is 5.95. The van der Waals surface area contributed by atoms with Gasteiger partial charge in [0, 0.05) is 0 Å². The zero-order valence-electron chi connectivity index (χ0n) is 17.5. The Balaban J connectivity index is 1.74. The van der Waals surface area contributed by atoms with Gasteiger partial charge in [0.1, 0.15) is 24.2 Å². The maximum Gasteiger partial charge on any atom is 0.344 e. The molecule has 1 aromatic carbocycles. The molecule has 1 aliphatic rings. The van der Waals surface area contributed by atoms with E-state index in [0.29, 0.717) is 11.5 Å². The van der Waals surface area contributed by atoms with E-state index < -0.39 is 24.0 Å². The van der Waals surface area contributed by atoms with Crippen molar-refractivity contribution in [3.8, 4) is 5.75 Å². The molecule has 2 amide bonds. The summed E-state index contributed by atoms with van der Waals surface area (Å²) in [4.78, 5) is 36.9. The van der Waals surface area contributed by atoms with E-state index in [2.05, 4.69) is 10.6 Å². The van der Waals surface area contributed by atoms with Gasteiger partial charge in [-0.2, -0.15) is 0 Å². The molecule has 1 unspecified atom stereocenters. The minimum atomic E-state index is -0.873. The number of urea groups is 1. The fourth-order valence-electron chi connectivity index (χ4n) is 3.20. The van der Waals surface area contributed by atoms with Gasteiger partial charge in [-0.25, -0.2) is 14.4 Å². The molecule has 2 heterocycles. The molecule has 3 rings (SSSR count). The lowest BCUT2D eigenvalue weighted by atomic mass is 10.0. The van der Waals surface area contributed by atoms with E-state index in [0.717, 1.165) is 11.1 Å². The summed E-state index contributed by atoms with van der Waals surface area (Å²) in [5, 5.41) is 5.13. The number of aryl methyl sites for hydroxylation is 2. The maximum atomic E-state index is 12.6. The average Bonchev–Trinajstić information content (AvgIpc) is 3.26. The number of rotatable bonds is 8. The van der Waals surface area contributed by atoms with E-state index in [9.17, 15) is 14.4 Å². The number of amides is 2. The van der Waals surface area contributed by atoms with Gasteiger partial charge >= 0.3 is 18.0 Å². The minimum Gasteiger partial charge on any atom is -0.481 e. The van der Waals surface area contributed by atoms with Crippen LogP contribution in [0.5, 0.6) is 5.75 Å². The lowest BCUT2D eigenvalue weighted by molar-refractivity contribution is -0.145. The standard InChI is InChI=1S/C22H24N2O7/c1-4-28-21(26)18-15(23-22(27)24-19(18)16-9-6-10-29-16)11-30-17(25)12-31-20-13(2)7-5-8-14(20)3/h5-10,19H,4,11-12H2,1-3H3,(H2,23,24,27). The number of hydrogen-bond acceptors (Lipinski definition) is 7. The molecular weight excluding hydrogens is 404 g/mol. The maximum absolute atomic E-state index is 12.6. The smallest absolute Gasteiger partial charge is 0.344 e. The Morgan fingerprint density at radius 2 is 1.84 bits per heavy atom. The molecule has 0 aliphatic carbocycles. The molecule has 0 saturated heterocycles. The van der Waals surface area contributed by atoms with Gasteiger partial charge in [-0.05, 0) is 44.0 Å². The topological polar surface area (TPSA) is 116 Å². The Morgan fingerprint density at radius 3 is 2.48 bits per heavy atom. The summed E-state index contributed by atoms with van der Waals surface area (Å²) in [6, 6.07) is 7.48. The predicted octanol–water partition coefficient (Wildman–Crippen LogP) is 2.69. The van der Waals surface area contributed by atoms with Gasteiger partial charge in [-0.15, -0.1) is 0 Å². The van der Waals surface area contributed by atoms with Gasteiger partial charge < -0.3 is 29.3 Å². The summed E-state index contributed by atoms with van der Waals surface area (Å²) in [6.07, 6.45) is 1.43. The van der Waals surface area contributed by atoms with Crippen LogP contribution in [0, 0.1) is 13.8 Å². The van der Waals surface area contributed by atoms with Crippen molar-refractivity contribution >= 4 is 18.0 Å². The van der Waals surface area contributed by atoms with Crippen molar-refractivity contribution in [1.29, 1.82) is 0 Å². The molecule has 1 aliphatic heterocycles. The Kier molecular flexibility index (Phi) is 6.96. The van der Waals surface area contributed by atoms with Crippen molar-refractivity contribution in [1.82, 2.24) is 10.6 Å². The first-order valence-electron chi connectivity index (χ1n) is 9.76. The van der Waals surface area contributed by atoms with Crippen LogP contribution >= 0.6 is 0 Å². The van der Waals surface area contributed by atoms with Gasteiger partial charge in [0.05, 0.1) is 24.1 Å². The van der Waals surface area contributed by atoms with Crippen LogP contribution in [-0.2, 0) is 19.1 Å². The predicted molar refractivity (Wildman–Crippen MR) is 109 cm³/mol. The lowest BCUT2D eigenvalue weighted by Gasteiger charge is -2.27. The number of para-hydroxylation sites is 1. The third kappa shape index (κ3) is 5.25. The SMILES string of the molecule is CCOC(=O)C1=C(COC(=O)COc2c(C)cccc2C)NC(=O)NC1c1ccco1. The molecule has 9 nitrogen and oxygen atoms in total. The lowest BCUT2D eigenvalue weighted by Crippen LogP contribution is -2.47. The summed E-state index contributed by atoms with van der Waals surface area (Å²) in [5.41, 5.74) is 2.00. The van der Waals surface area contributed by atoms with E-state index in [1.807, 2.05) is 32.0 Å². The minimum absolute atomic E-state index is 0.0971. The summed E-state index contributed by atoms with van der Waals surface area (Å²) < 4.78 is 21.3. The van der Waals surface area contributed by atoms with E-state index in [1.54, 1.807) is 19.1 Å². The van der Waals surface area contributed by atoms with Crippen LogP contribution in [0.4, 0.5) is 4.79 Å². The molecule has 164 valence electrons. The number of carbonyl (C=O) groups excluding carboxylic acids is 3. The van der Waals surface area contributed by atoms with Gasteiger partial charge in [0.2, 0.25) is 0 Å². The number of nitrogens with one attached hydrogen (secondary N) is 2. The highest BCUT2D eigenvalue weighted by Gasteiger charge is 2.35. The van der Waals surface area contributed by atoms with Crippen LogP contribution in [-0.4, -0.2) is 37.8 Å². The average molecular weight is 428 g/mol. The molecule has 0 fully saturated rings. The van der Waals surface area contributed by atoms with Crippen molar-refractivity contribution in [2.45, 2.75) is 26.8 Å². The van der Waals surface area contributed by atoms with Gasteiger partial charge in [0.15, 0.2) is 6.61 Å². The van der Waals surface area contributed by atoms with Crippen LogP contribution in [0.2, 0.25) is 0 Å². The van der Waals surface area contributed by atoms with E-state index in [4.69, 9.17) is 18.6 Å². The molecular formula is C22H24N2O7. The van der Waals surface area contributed by atoms with Crippen molar-refractivity contribution in [3.63, 3.8) is 0 Å². The Morgan fingerprint density at radius 1 is 1.10 bits per heavy atom. The van der Waals surface area contributed by atoms with Crippen molar-refractivity contribution in [2.75, 3.05) is 19.8 Å². The molecule has 1 atom stereocenters. The highest BCUT2D eigenvalue weighted by Crippen LogP contribution is 2.28. The zero-order valence-corrected chi connectivity index (χ0v) is 17.5. The number of furan rings is 1. The fraction of sp³-hybridized carbons (Fsp3) is 0.318. The summed E-state index contributed by atoms with van der Waals surface area (Å²) in [6.45, 7) is 4.90. The second-order valence-corrected chi connectivity index (χ2v) is 6.83. The number of carbonyl (C=O) groups is 3. The number of benzene rings is 1. The molecule has 0 saturated carbocycles. The first-order valence-corrected chi connectivity index (χ1v) is 9.76. The van der Waals surface area contributed by atoms with Crippen LogP contribution in [0.3, 0.4) is 0 Å². The summed E-state index contributed by atoms with van der Waals surface area (Å²) in [7, 11) is 0. The summed E-state index contributed by atoms with van der Waals surface area (Å²) in [5.74, 6) is -0.353. The molecule has 0 bridgehead atoms. The van der Waals surface area contributed by atoms with Crippen molar-refractivity contribution in [2.24, 2.45) is 0 Å². The second kappa shape index (κ2) is 9.84. The van der Waals surface area contributed by atoms with Gasteiger partial charge in [-0.1, -0.05) is 18.2 Å². The Hall–Kier alpha value is -3.75. The van der Waals surface area contributed by atoms with E-state index in [-0.39, 0.29) is 31.1 Å². The Labute approximate surface area is 179 Å². The summed E-state index contributed by atoms with van der Waals surface area (Å²) >= 11 is 0. The number of ether oxygens (including phenoxy) is 3. The number of hydrogen-bond donors (Lipinski definition) is 2. The molecule has 31 heavy (non-hydrogen) atoms. The molecule has 2 N–H and O–H groups in total. The zero-order chi connectivity index (χ0) is 22.4. The van der Waals surface area contributed by atoms with Crippen LogP contribution in [0.25, 0.3) is 0 Å². The van der Waals surface area contributed by atoms with Crippen molar-refractivity contribution in [3.05, 3.63) is 64.8 Å².